The number of carbonyl (C=O) groups is 2. The number of nitrogens with zero attached hydrogens (tertiary/aromatic N) is 1. The minimum Gasteiger partial charge on any atom is -0.342 e. The van der Waals surface area contributed by atoms with Gasteiger partial charge in [0.2, 0.25) is 11.8 Å². The van der Waals surface area contributed by atoms with Crippen molar-refractivity contribution in [3.63, 3.8) is 0 Å². The third-order valence-corrected chi connectivity index (χ3v) is 4.40. The van der Waals surface area contributed by atoms with Crippen molar-refractivity contribution < 1.29 is 9.59 Å². The third-order valence-electron chi connectivity index (χ3n) is 3.81. The van der Waals surface area contributed by atoms with Crippen LogP contribution >= 0.6 is 11.8 Å². The van der Waals surface area contributed by atoms with Crippen LogP contribution in [0, 0.1) is 0 Å². The Morgan fingerprint density at radius 3 is 2.50 bits per heavy atom. The number of rotatable bonds is 5. The van der Waals surface area contributed by atoms with E-state index < -0.39 is 5.54 Å². The largest absolute Gasteiger partial charge is 0.342 e. The molecule has 0 saturated carbocycles. The van der Waals surface area contributed by atoms with Gasteiger partial charge < -0.3 is 10.2 Å². The van der Waals surface area contributed by atoms with Crippen LogP contribution in [0.4, 0.5) is 0 Å². The molecule has 1 saturated heterocycles. The molecule has 1 rings (SSSR count). The maximum absolute atomic E-state index is 12.7. The highest BCUT2D eigenvalue weighted by molar-refractivity contribution is 7.98. The van der Waals surface area contributed by atoms with Gasteiger partial charge in [0.15, 0.2) is 0 Å². The second kappa shape index (κ2) is 6.45. The van der Waals surface area contributed by atoms with Crippen LogP contribution < -0.4 is 5.32 Å². The number of nitrogens with one attached hydrogen (secondary N) is 1. The molecule has 1 heterocycles. The van der Waals surface area contributed by atoms with Crippen LogP contribution in [0.2, 0.25) is 0 Å². The van der Waals surface area contributed by atoms with E-state index in [1.807, 2.05) is 31.9 Å². The van der Waals surface area contributed by atoms with Gasteiger partial charge in [0.1, 0.15) is 5.54 Å². The Morgan fingerprint density at radius 2 is 2.00 bits per heavy atom. The fraction of sp³-hybridized carbons (Fsp3) is 0.846. The summed E-state index contributed by atoms with van der Waals surface area (Å²) in [6.07, 6.45) is 3.73. The van der Waals surface area contributed by atoms with E-state index in [1.165, 1.54) is 0 Å². The summed E-state index contributed by atoms with van der Waals surface area (Å²) in [5.74, 6) is 0.986. The molecule has 18 heavy (non-hydrogen) atoms. The molecule has 5 heteroatoms. The van der Waals surface area contributed by atoms with Crippen molar-refractivity contribution in [1.29, 1.82) is 0 Å². The highest BCUT2D eigenvalue weighted by Gasteiger charge is 2.43. The summed E-state index contributed by atoms with van der Waals surface area (Å²) >= 11 is 1.72. The van der Waals surface area contributed by atoms with Gasteiger partial charge in [-0.3, -0.25) is 9.59 Å². The van der Waals surface area contributed by atoms with Gasteiger partial charge >= 0.3 is 0 Å². The van der Waals surface area contributed by atoms with Crippen molar-refractivity contribution in [2.24, 2.45) is 0 Å². The zero-order chi connectivity index (χ0) is 13.8. The van der Waals surface area contributed by atoms with E-state index in [-0.39, 0.29) is 17.9 Å². The lowest BCUT2D eigenvalue weighted by molar-refractivity contribution is -0.140. The van der Waals surface area contributed by atoms with Crippen LogP contribution in [0.5, 0.6) is 0 Å². The third kappa shape index (κ3) is 2.99. The summed E-state index contributed by atoms with van der Waals surface area (Å²) in [7, 11) is 0. The quantitative estimate of drug-likeness (QED) is 0.828. The Morgan fingerprint density at radius 1 is 1.39 bits per heavy atom. The summed E-state index contributed by atoms with van der Waals surface area (Å²) < 4.78 is 0. The molecule has 0 aromatic rings. The van der Waals surface area contributed by atoms with Crippen LogP contribution in [0.3, 0.4) is 0 Å². The molecule has 0 bridgehead atoms. The van der Waals surface area contributed by atoms with Crippen molar-refractivity contribution in [2.75, 3.05) is 18.6 Å². The number of carbonyl (C=O) groups excluding carboxylic acids is 2. The molecule has 1 N–H and O–H groups in total. The van der Waals surface area contributed by atoms with Crippen LogP contribution in [0.25, 0.3) is 0 Å². The molecule has 1 unspecified atom stereocenters. The second-order valence-electron chi connectivity index (χ2n) is 4.88. The summed E-state index contributed by atoms with van der Waals surface area (Å²) in [4.78, 5) is 26.5. The Hall–Kier alpha value is -0.710. The minimum absolute atomic E-state index is 0.00815. The normalized spacial score (nSPS) is 23.8. The fourth-order valence-corrected chi connectivity index (χ4v) is 2.85. The average Bonchev–Trinajstić information content (AvgIpc) is 2.43. The van der Waals surface area contributed by atoms with E-state index in [0.717, 1.165) is 12.3 Å². The monoisotopic (exact) mass is 272 g/mol. The van der Waals surface area contributed by atoms with Crippen molar-refractivity contribution in [1.82, 2.24) is 10.2 Å². The molecule has 0 radical (unpaired) electrons. The number of thioether (sulfide) groups is 1. The molecule has 1 atom stereocenters. The van der Waals surface area contributed by atoms with E-state index in [2.05, 4.69) is 5.32 Å². The number of hydrogen-bond acceptors (Lipinski definition) is 3. The molecule has 0 aliphatic carbocycles. The van der Waals surface area contributed by atoms with E-state index in [0.29, 0.717) is 19.3 Å². The predicted molar refractivity (Wildman–Crippen MR) is 75.6 cm³/mol. The Balaban J connectivity index is 3.01. The number of amides is 2. The van der Waals surface area contributed by atoms with E-state index in [1.54, 1.807) is 11.8 Å². The molecule has 2 amide bonds. The topological polar surface area (TPSA) is 49.4 Å². The Kier molecular flexibility index (Phi) is 5.50. The number of hydrogen-bond donors (Lipinski definition) is 1. The Labute approximate surface area is 114 Å². The molecule has 4 nitrogen and oxygen atoms in total. The van der Waals surface area contributed by atoms with Gasteiger partial charge in [-0.05, 0) is 26.0 Å². The minimum atomic E-state index is -0.694. The van der Waals surface area contributed by atoms with Crippen LogP contribution in [0.15, 0.2) is 0 Å². The molecule has 1 aliphatic heterocycles. The van der Waals surface area contributed by atoms with Gasteiger partial charge in [-0.15, -0.1) is 0 Å². The van der Waals surface area contributed by atoms with Gasteiger partial charge in [0.05, 0.1) is 0 Å². The molecular weight excluding hydrogens is 248 g/mol. The standard InChI is InChI=1S/C13H24N2O2S/c1-5-13(6-2)12(17)15(7-8-18-4)10(3)9-11(16)14-13/h10H,5-9H2,1-4H3,(H,14,16). The molecule has 1 fully saturated rings. The zero-order valence-electron chi connectivity index (χ0n) is 11.8. The molecule has 1 aliphatic rings. The lowest BCUT2D eigenvalue weighted by atomic mass is 9.91. The molecule has 104 valence electrons. The lowest BCUT2D eigenvalue weighted by Crippen LogP contribution is -2.57. The van der Waals surface area contributed by atoms with Crippen molar-refractivity contribution in [3.8, 4) is 0 Å². The van der Waals surface area contributed by atoms with Gasteiger partial charge in [-0.1, -0.05) is 13.8 Å². The SMILES string of the molecule is CCC1(CC)NC(=O)CC(C)N(CCSC)C1=O. The first-order chi connectivity index (χ1) is 8.50. The first-order valence-corrected chi connectivity index (χ1v) is 8.01. The van der Waals surface area contributed by atoms with E-state index >= 15 is 0 Å². The highest BCUT2D eigenvalue weighted by Crippen LogP contribution is 2.24. The fourth-order valence-electron chi connectivity index (χ4n) is 2.47. The highest BCUT2D eigenvalue weighted by atomic mass is 32.2. The van der Waals surface area contributed by atoms with E-state index in [9.17, 15) is 9.59 Å². The van der Waals surface area contributed by atoms with Gasteiger partial charge in [-0.25, -0.2) is 0 Å². The predicted octanol–water partition coefficient (Wildman–Crippen LogP) is 1.65. The molecule has 0 aromatic heterocycles. The summed E-state index contributed by atoms with van der Waals surface area (Å²) in [5.41, 5.74) is -0.694. The van der Waals surface area contributed by atoms with Crippen molar-refractivity contribution in [2.45, 2.75) is 51.6 Å². The smallest absolute Gasteiger partial charge is 0.248 e. The van der Waals surface area contributed by atoms with E-state index in [4.69, 9.17) is 0 Å². The van der Waals surface area contributed by atoms with Gasteiger partial charge in [0.25, 0.3) is 0 Å². The maximum Gasteiger partial charge on any atom is 0.248 e. The molecular formula is C13H24N2O2S. The lowest BCUT2D eigenvalue weighted by Gasteiger charge is -2.35. The van der Waals surface area contributed by atoms with Crippen molar-refractivity contribution in [3.05, 3.63) is 0 Å². The molecule has 0 aromatic carbocycles. The second-order valence-corrected chi connectivity index (χ2v) is 5.87. The van der Waals surface area contributed by atoms with Gasteiger partial charge in [-0.2, -0.15) is 11.8 Å². The summed E-state index contributed by atoms with van der Waals surface area (Å²) in [6, 6.07) is -0.00961. The van der Waals surface area contributed by atoms with Crippen LogP contribution in [0.1, 0.15) is 40.0 Å². The van der Waals surface area contributed by atoms with Crippen LogP contribution in [-0.2, 0) is 9.59 Å². The summed E-state index contributed by atoms with van der Waals surface area (Å²) in [5, 5.41) is 2.94. The van der Waals surface area contributed by atoms with Crippen molar-refractivity contribution >= 4 is 23.6 Å². The maximum atomic E-state index is 12.7. The Bertz CT molecular complexity index is 316. The summed E-state index contributed by atoms with van der Waals surface area (Å²) in [6.45, 7) is 6.60. The molecule has 0 spiro atoms. The van der Waals surface area contributed by atoms with Crippen LogP contribution in [-0.4, -0.2) is 46.8 Å². The zero-order valence-corrected chi connectivity index (χ0v) is 12.6. The average molecular weight is 272 g/mol. The first-order valence-electron chi connectivity index (χ1n) is 6.61. The first kappa shape index (κ1) is 15.3. The van der Waals surface area contributed by atoms with Gasteiger partial charge in [0, 0.05) is 24.8 Å².